The molecule has 3 N–H and O–H groups in total. The van der Waals surface area contributed by atoms with Crippen molar-refractivity contribution < 1.29 is 24.1 Å². The molecule has 1 saturated heterocycles. The molecule has 2 aromatic rings. The number of piperidine rings is 1. The van der Waals surface area contributed by atoms with Gasteiger partial charge in [0.15, 0.2) is 0 Å². The zero-order chi connectivity index (χ0) is 25.2. The van der Waals surface area contributed by atoms with Gasteiger partial charge in [-0.2, -0.15) is 0 Å². The Hall–Kier alpha value is -2.19. The number of aldehydes is 1. The van der Waals surface area contributed by atoms with Gasteiger partial charge < -0.3 is 29.8 Å². The Morgan fingerprint density at radius 2 is 1.81 bits per heavy atom. The molecule has 3 rings (SSSR count). The molecule has 1 aliphatic heterocycles. The Bertz CT molecular complexity index is 945. The van der Waals surface area contributed by atoms with Gasteiger partial charge in [0.2, 0.25) is 0 Å². The van der Waals surface area contributed by atoms with E-state index in [1.54, 1.807) is 20.3 Å². The topological polar surface area (TPSA) is 94.3 Å². The molecule has 36 heavy (non-hydrogen) atoms. The lowest BCUT2D eigenvalue weighted by atomic mass is 9.90. The van der Waals surface area contributed by atoms with Crippen molar-refractivity contribution in [2.75, 3.05) is 39.6 Å². The zero-order valence-corrected chi connectivity index (χ0v) is 22.7. The average molecular weight is 542 g/mol. The van der Waals surface area contributed by atoms with Crippen LogP contribution in [0, 0.1) is 5.92 Å². The van der Waals surface area contributed by atoms with Crippen molar-refractivity contribution in [2.24, 2.45) is 5.92 Å². The fraction of sp³-hybridized carbons (Fsp3) is 0.519. The number of anilines is 1. The molecule has 1 heterocycles. The van der Waals surface area contributed by atoms with Crippen LogP contribution < -0.4 is 19.9 Å². The Labute approximate surface area is 225 Å². The summed E-state index contributed by atoms with van der Waals surface area (Å²) in [6.45, 7) is 2.38. The van der Waals surface area contributed by atoms with Crippen molar-refractivity contribution in [1.82, 2.24) is 4.90 Å². The minimum atomic E-state index is 0. The van der Waals surface area contributed by atoms with E-state index in [0.29, 0.717) is 46.9 Å². The number of aliphatic hydroxyl groups is 1. The molecule has 0 spiro atoms. The van der Waals surface area contributed by atoms with Crippen LogP contribution in [-0.2, 0) is 11.4 Å². The SMILES string of the molecule is COc1cc(COc2cc(N)c(Cl)cc2C(CCCC=O)N2CCC(CCO)CC2)cc(OC)c1.Cl. The number of nitrogen functional groups attached to an aromatic ring is 1. The summed E-state index contributed by atoms with van der Waals surface area (Å²) in [6, 6.07) is 9.39. The van der Waals surface area contributed by atoms with Crippen LogP contribution in [0.25, 0.3) is 0 Å². The number of nitrogens with two attached hydrogens (primary N) is 1. The maximum absolute atomic E-state index is 11.0. The largest absolute Gasteiger partial charge is 0.497 e. The smallest absolute Gasteiger partial charge is 0.126 e. The predicted molar refractivity (Wildman–Crippen MR) is 146 cm³/mol. The van der Waals surface area contributed by atoms with Gasteiger partial charge in [0.1, 0.15) is 30.1 Å². The van der Waals surface area contributed by atoms with E-state index >= 15 is 0 Å². The van der Waals surface area contributed by atoms with E-state index in [0.717, 1.165) is 62.6 Å². The minimum Gasteiger partial charge on any atom is -0.497 e. The summed E-state index contributed by atoms with van der Waals surface area (Å²) in [5, 5.41) is 9.81. The van der Waals surface area contributed by atoms with E-state index in [2.05, 4.69) is 4.90 Å². The summed E-state index contributed by atoms with van der Waals surface area (Å²) < 4.78 is 17.1. The van der Waals surface area contributed by atoms with E-state index < -0.39 is 0 Å². The normalized spacial score (nSPS) is 15.1. The van der Waals surface area contributed by atoms with Gasteiger partial charge >= 0.3 is 0 Å². The van der Waals surface area contributed by atoms with E-state index in [-0.39, 0.29) is 25.1 Å². The summed E-state index contributed by atoms with van der Waals surface area (Å²) >= 11 is 6.47. The van der Waals surface area contributed by atoms with Crippen LogP contribution in [0.1, 0.15) is 55.7 Å². The number of hydrogen-bond acceptors (Lipinski definition) is 7. The van der Waals surface area contributed by atoms with Gasteiger partial charge in [0.25, 0.3) is 0 Å². The third kappa shape index (κ3) is 8.17. The first-order chi connectivity index (χ1) is 17.0. The van der Waals surface area contributed by atoms with Crippen molar-refractivity contribution in [1.29, 1.82) is 0 Å². The summed E-state index contributed by atoms with van der Waals surface area (Å²) in [6.07, 6.45) is 5.98. The van der Waals surface area contributed by atoms with Gasteiger partial charge in [-0.25, -0.2) is 0 Å². The monoisotopic (exact) mass is 540 g/mol. The number of ether oxygens (including phenoxy) is 3. The van der Waals surface area contributed by atoms with Crippen LogP contribution in [0.4, 0.5) is 5.69 Å². The van der Waals surface area contributed by atoms with Crippen molar-refractivity contribution in [3.8, 4) is 17.2 Å². The highest BCUT2D eigenvalue weighted by Crippen LogP contribution is 2.40. The molecule has 0 aromatic heterocycles. The Kier molecular flexibility index (Phi) is 12.6. The first-order valence-corrected chi connectivity index (χ1v) is 12.6. The molecule has 1 aliphatic rings. The van der Waals surface area contributed by atoms with Gasteiger partial charge in [-0.15, -0.1) is 12.4 Å². The zero-order valence-electron chi connectivity index (χ0n) is 21.1. The minimum absolute atomic E-state index is 0. The van der Waals surface area contributed by atoms with E-state index in [1.807, 2.05) is 24.3 Å². The molecule has 200 valence electrons. The van der Waals surface area contributed by atoms with E-state index in [9.17, 15) is 9.90 Å². The standard InChI is InChI=1S/C27H37ClN2O5.ClH/c1-33-21-13-20(14-22(15-21)34-2)18-35-27-17-25(29)24(28)16-23(27)26(5-3-4-11-31)30-9-6-19(7-10-30)8-12-32;/h11,13-17,19,26,32H,3-10,12,18,29H2,1-2H3;1H. The van der Waals surface area contributed by atoms with Crippen molar-refractivity contribution in [3.05, 3.63) is 46.5 Å². The molecular weight excluding hydrogens is 503 g/mol. The van der Waals surface area contributed by atoms with Crippen LogP contribution in [0.2, 0.25) is 5.02 Å². The van der Waals surface area contributed by atoms with Crippen LogP contribution in [-0.4, -0.2) is 50.2 Å². The van der Waals surface area contributed by atoms with Crippen LogP contribution in [0.15, 0.2) is 30.3 Å². The number of halogens is 2. The van der Waals surface area contributed by atoms with E-state index in [1.165, 1.54) is 0 Å². The van der Waals surface area contributed by atoms with Crippen molar-refractivity contribution in [2.45, 2.75) is 51.2 Å². The number of hydrogen-bond donors (Lipinski definition) is 2. The molecule has 0 aliphatic carbocycles. The lowest BCUT2D eigenvalue weighted by Gasteiger charge is -2.38. The van der Waals surface area contributed by atoms with Gasteiger partial charge in [0.05, 0.1) is 24.9 Å². The molecule has 9 heteroatoms. The third-order valence-corrected chi connectivity index (χ3v) is 7.05. The Morgan fingerprint density at radius 1 is 1.14 bits per heavy atom. The van der Waals surface area contributed by atoms with Gasteiger partial charge in [-0.1, -0.05) is 11.6 Å². The number of benzene rings is 2. The van der Waals surface area contributed by atoms with Gasteiger partial charge in [-0.05, 0) is 74.9 Å². The molecule has 1 unspecified atom stereocenters. The molecule has 0 amide bonds. The third-order valence-electron chi connectivity index (χ3n) is 6.72. The summed E-state index contributed by atoms with van der Waals surface area (Å²) in [7, 11) is 3.23. The molecule has 0 radical (unpaired) electrons. The number of likely N-dealkylation sites (tertiary alicyclic amines) is 1. The van der Waals surface area contributed by atoms with E-state index in [4.69, 9.17) is 31.5 Å². The highest BCUT2D eigenvalue weighted by Gasteiger charge is 2.28. The Balaban J connectivity index is 0.00000456. The number of aliphatic hydroxyl groups excluding tert-OH is 1. The van der Waals surface area contributed by atoms with Crippen LogP contribution in [0.3, 0.4) is 0 Å². The number of nitrogens with zero attached hydrogens (tertiary/aromatic N) is 1. The lowest BCUT2D eigenvalue weighted by Crippen LogP contribution is -2.37. The molecule has 0 bridgehead atoms. The molecule has 1 atom stereocenters. The predicted octanol–water partition coefficient (Wildman–Crippen LogP) is 5.44. The second kappa shape index (κ2) is 15.2. The average Bonchev–Trinajstić information content (AvgIpc) is 2.88. The van der Waals surface area contributed by atoms with Crippen LogP contribution in [0.5, 0.6) is 17.2 Å². The number of unbranched alkanes of at least 4 members (excludes halogenated alkanes) is 1. The quantitative estimate of drug-likeness (QED) is 0.198. The highest BCUT2D eigenvalue weighted by atomic mass is 35.5. The van der Waals surface area contributed by atoms with Crippen LogP contribution >= 0.6 is 24.0 Å². The molecule has 1 fully saturated rings. The highest BCUT2D eigenvalue weighted by molar-refractivity contribution is 6.33. The molecule has 7 nitrogen and oxygen atoms in total. The van der Waals surface area contributed by atoms with Crippen molar-refractivity contribution in [3.63, 3.8) is 0 Å². The second-order valence-corrected chi connectivity index (χ2v) is 9.43. The Morgan fingerprint density at radius 3 is 2.39 bits per heavy atom. The van der Waals surface area contributed by atoms with Gasteiger partial charge in [0, 0.05) is 36.8 Å². The van der Waals surface area contributed by atoms with Gasteiger partial charge in [-0.3, -0.25) is 4.90 Å². The fourth-order valence-corrected chi connectivity index (χ4v) is 4.92. The number of methoxy groups -OCH3 is 2. The van der Waals surface area contributed by atoms with Crippen molar-refractivity contribution >= 4 is 36.0 Å². The summed E-state index contributed by atoms with van der Waals surface area (Å²) in [5.74, 6) is 2.61. The maximum Gasteiger partial charge on any atom is 0.126 e. The first-order valence-electron chi connectivity index (χ1n) is 12.2. The second-order valence-electron chi connectivity index (χ2n) is 9.03. The molecular formula is C27H38Cl2N2O5. The first kappa shape index (κ1) is 30.0. The molecule has 0 saturated carbocycles. The summed E-state index contributed by atoms with van der Waals surface area (Å²) in [4.78, 5) is 13.5. The maximum atomic E-state index is 11.0. The molecule has 2 aromatic carbocycles. The lowest BCUT2D eigenvalue weighted by molar-refractivity contribution is -0.108. The number of carbonyl (C=O) groups excluding carboxylic acids is 1. The summed E-state index contributed by atoms with van der Waals surface area (Å²) in [5.41, 5.74) is 8.51. The fourth-order valence-electron chi connectivity index (χ4n) is 4.75. The number of carbonyl (C=O) groups is 1. The number of rotatable bonds is 13.